The summed E-state index contributed by atoms with van der Waals surface area (Å²) in [5.41, 5.74) is 7.46. The van der Waals surface area contributed by atoms with Gasteiger partial charge >= 0.3 is 0 Å². The van der Waals surface area contributed by atoms with E-state index in [1.165, 1.54) is 31.4 Å². The first-order valence-corrected chi connectivity index (χ1v) is 7.73. The first-order valence-electron chi connectivity index (χ1n) is 7.73. The third-order valence-corrected chi connectivity index (χ3v) is 4.38. The molecule has 0 radical (unpaired) electrons. The molecule has 1 aliphatic rings. The van der Waals surface area contributed by atoms with E-state index < -0.39 is 0 Å². The molecule has 2 N–H and O–H groups in total. The highest BCUT2D eigenvalue weighted by molar-refractivity contribution is 5.18. The highest BCUT2D eigenvalue weighted by Gasteiger charge is 2.27. The average molecular weight is 260 g/mol. The zero-order chi connectivity index (χ0) is 13.7. The molecule has 1 fully saturated rings. The minimum Gasteiger partial charge on any atom is -0.329 e. The molecule has 106 valence electrons. The second kappa shape index (κ2) is 7.06. The summed E-state index contributed by atoms with van der Waals surface area (Å²) in [6.45, 7) is 7.73. The van der Waals surface area contributed by atoms with Crippen LogP contribution in [-0.4, -0.2) is 30.6 Å². The lowest BCUT2D eigenvalue weighted by molar-refractivity contribution is 0.186. The molecule has 0 heterocycles. The zero-order valence-electron chi connectivity index (χ0n) is 12.4. The quantitative estimate of drug-likeness (QED) is 0.777. The molecule has 2 atom stereocenters. The van der Waals surface area contributed by atoms with E-state index in [9.17, 15) is 0 Å². The van der Waals surface area contributed by atoms with Crippen LogP contribution in [0, 0.1) is 5.92 Å². The molecular weight excluding hydrogens is 232 g/mol. The van der Waals surface area contributed by atoms with Crippen LogP contribution in [0.5, 0.6) is 0 Å². The molecule has 0 bridgehead atoms. The Hall–Kier alpha value is -0.860. The molecular formula is C17H28N2. The lowest BCUT2D eigenvalue weighted by Crippen LogP contribution is -2.42. The fourth-order valence-corrected chi connectivity index (χ4v) is 2.89. The van der Waals surface area contributed by atoms with Crippen LogP contribution in [-0.2, 0) is 0 Å². The zero-order valence-corrected chi connectivity index (χ0v) is 12.4. The number of nitrogens with two attached hydrogens (primary N) is 1. The third-order valence-electron chi connectivity index (χ3n) is 4.38. The van der Waals surface area contributed by atoms with Crippen molar-refractivity contribution >= 4 is 0 Å². The lowest BCUT2D eigenvalue weighted by atomic mass is 9.93. The van der Waals surface area contributed by atoms with Gasteiger partial charge in [-0.25, -0.2) is 0 Å². The Bertz CT molecular complexity index is 359. The monoisotopic (exact) mass is 260 g/mol. The maximum absolute atomic E-state index is 6.03. The Morgan fingerprint density at radius 3 is 2.47 bits per heavy atom. The van der Waals surface area contributed by atoms with Gasteiger partial charge < -0.3 is 5.73 Å². The molecule has 19 heavy (non-hydrogen) atoms. The molecule has 0 amide bonds. The fraction of sp³-hybridized carbons (Fsp3) is 0.647. The summed E-state index contributed by atoms with van der Waals surface area (Å²) in [5, 5.41) is 0. The maximum Gasteiger partial charge on any atom is 0.0224 e. The van der Waals surface area contributed by atoms with Crippen molar-refractivity contribution in [3.05, 3.63) is 35.9 Å². The van der Waals surface area contributed by atoms with Gasteiger partial charge in [-0.15, -0.1) is 0 Å². The van der Waals surface area contributed by atoms with Crippen molar-refractivity contribution in [3.8, 4) is 0 Å². The number of hydrogen-bond donors (Lipinski definition) is 1. The van der Waals surface area contributed by atoms with Gasteiger partial charge in [0.1, 0.15) is 0 Å². The van der Waals surface area contributed by atoms with Gasteiger partial charge in [0.2, 0.25) is 0 Å². The van der Waals surface area contributed by atoms with Crippen molar-refractivity contribution in [2.45, 2.75) is 45.1 Å². The lowest BCUT2D eigenvalue weighted by Gasteiger charge is -2.32. The van der Waals surface area contributed by atoms with Crippen LogP contribution in [0.25, 0.3) is 0 Å². The Morgan fingerprint density at radius 2 is 1.95 bits per heavy atom. The van der Waals surface area contributed by atoms with Gasteiger partial charge in [0.05, 0.1) is 0 Å². The highest BCUT2D eigenvalue weighted by atomic mass is 15.2. The maximum atomic E-state index is 6.03. The Labute approximate surface area is 118 Å². The van der Waals surface area contributed by atoms with Gasteiger partial charge in [-0.05, 0) is 43.2 Å². The number of hydrogen-bond acceptors (Lipinski definition) is 2. The topological polar surface area (TPSA) is 29.3 Å². The smallest absolute Gasteiger partial charge is 0.0224 e. The van der Waals surface area contributed by atoms with E-state index >= 15 is 0 Å². The average Bonchev–Trinajstić information content (AvgIpc) is 3.27. The van der Waals surface area contributed by atoms with Crippen molar-refractivity contribution < 1.29 is 0 Å². The molecule has 1 aliphatic carbocycles. The van der Waals surface area contributed by atoms with Gasteiger partial charge in [0, 0.05) is 19.1 Å². The number of nitrogens with zero attached hydrogens (tertiary/aromatic N) is 1. The van der Waals surface area contributed by atoms with E-state index in [4.69, 9.17) is 5.73 Å². The standard InChI is InChI=1S/C17H28N2/c1-3-19(13-15-9-10-15)17(12-18)11-14(2)16-7-5-4-6-8-16/h4-8,14-15,17H,3,9-13,18H2,1-2H3. The van der Waals surface area contributed by atoms with Crippen LogP contribution in [0.1, 0.15) is 44.6 Å². The number of likely N-dealkylation sites (N-methyl/N-ethyl adjacent to an activating group) is 1. The van der Waals surface area contributed by atoms with Crippen molar-refractivity contribution in [1.82, 2.24) is 4.90 Å². The minimum absolute atomic E-state index is 0.529. The largest absolute Gasteiger partial charge is 0.329 e. The summed E-state index contributed by atoms with van der Waals surface area (Å²) in [5.74, 6) is 1.53. The molecule has 2 nitrogen and oxygen atoms in total. The summed E-state index contributed by atoms with van der Waals surface area (Å²) in [6, 6.07) is 11.3. The van der Waals surface area contributed by atoms with Crippen LogP contribution in [0.4, 0.5) is 0 Å². The summed E-state index contributed by atoms with van der Waals surface area (Å²) >= 11 is 0. The molecule has 1 aromatic carbocycles. The van der Waals surface area contributed by atoms with Gasteiger partial charge in [0.15, 0.2) is 0 Å². The van der Waals surface area contributed by atoms with Gasteiger partial charge in [0.25, 0.3) is 0 Å². The highest BCUT2D eigenvalue weighted by Crippen LogP contribution is 2.31. The van der Waals surface area contributed by atoms with Crippen LogP contribution in [0.3, 0.4) is 0 Å². The van der Waals surface area contributed by atoms with E-state index in [0.717, 1.165) is 19.0 Å². The van der Waals surface area contributed by atoms with E-state index in [1.807, 2.05) is 0 Å². The Kier molecular flexibility index (Phi) is 5.41. The van der Waals surface area contributed by atoms with Crippen LogP contribution in [0.2, 0.25) is 0 Å². The van der Waals surface area contributed by atoms with Crippen molar-refractivity contribution in [2.24, 2.45) is 11.7 Å². The molecule has 0 spiro atoms. The molecule has 1 aromatic rings. The molecule has 0 aromatic heterocycles. The first-order chi connectivity index (χ1) is 9.24. The predicted molar refractivity (Wildman–Crippen MR) is 82.3 cm³/mol. The molecule has 2 heteroatoms. The second-order valence-corrected chi connectivity index (χ2v) is 5.97. The second-order valence-electron chi connectivity index (χ2n) is 5.97. The van der Waals surface area contributed by atoms with Crippen LogP contribution >= 0.6 is 0 Å². The van der Waals surface area contributed by atoms with Crippen LogP contribution < -0.4 is 5.73 Å². The molecule has 0 saturated heterocycles. The normalized spacial score (nSPS) is 18.5. The van der Waals surface area contributed by atoms with E-state index in [1.54, 1.807) is 0 Å². The van der Waals surface area contributed by atoms with Gasteiger partial charge in [-0.1, -0.05) is 44.2 Å². The number of rotatable bonds is 8. The SMILES string of the molecule is CCN(CC1CC1)C(CN)CC(C)c1ccccc1. The summed E-state index contributed by atoms with van der Waals surface area (Å²) in [7, 11) is 0. The van der Waals surface area contributed by atoms with Crippen molar-refractivity contribution in [1.29, 1.82) is 0 Å². The summed E-state index contributed by atoms with van der Waals surface area (Å²) in [4.78, 5) is 2.59. The van der Waals surface area contributed by atoms with Crippen LogP contribution in [0.15, 0.2) is 30.3 Å². The van der Waals surface area contributed by atoms with E-state index in [-0.39, 0.29) is 0 Å². The first kappa shape index (κ1) is 14.5. The van der Waals surface area contributed by atoms with E-state index in [0.29, 0.717) is 12.0 Å². The fourth-order valence-electron chi connectivity index (χ4n) is 2.89. The molecule has 0 aliphatic heterocycles. The minimum atomic E-state index is 0.529. The van der Waals surface area contributed by atoms with Gasteiger partial charge in [-0.3, -0.25) is 4.90 Å². The molecule has 1 saturated carbocycles. The summed E-state index contributed by atoms with van der Waals surface area (Å²) in [6.07, 6.45) is 4.01. The van der Waals surface area contributed by atoms with E-state index in [2.05, 4.69) is 49.1 Å². The van der Waals surface area contributed by atoms with Gasteiger partial charge in [-0.2, -0.15) is 0 Å². The third kappa shape index (κ3) is 4.32. The molecule has 2 rings (SSSR count). The molecule has 2 unspecified atom stereocenters. The predicted octanol–water partition coefficient (Wildman–Crippen LogP) is 3.24. The van der Waals surface area contributed by atoms with Crippen molar-refractivity contribution in [3.63, 3.8) is 0 Å². The van der Waals surface area contributed by atoms with Crippen molar-refractivity contribution in [2.75, 3.05) is 19.6 Å². The Morgan fingerprint density at radius 1 is 1.26 bits per heavy atom. The Balaban J connectivity index is 1.93. The number of benzene rings is 1. The summed E-state index contributed by atoms with van der Waals surface area (Å²) < 4.78 is 0.